The van der Waals surface area contributed by atoms with E-state index < -0.39 is 5.97 Å². The molecule has 1 aromatic carbocycles. The van der Waals surface area contributed by atoms with E-state index in [1.165, 1.54) is 11.3 Å². The molecule has 3 heterocycles. The van der Waals surface area contributed by atoms with Gasteiger partial charge in [-0.2, -0.15) is 11.3 Å². The second-order valence-corrected chi connectivity index (χ2v) is 6.63. The van der Waals surface area contributed by atoms with Crippen LogP contribution in [-0.2, 0) is 0 Å². The summed E-state index contributed by atoms with van der Waals surface area (Å²) >= 11 is 2.93. The van der Waals surface area contributed by atoms with Gasteiger partial charge in [-0.05, 0) is 30.5 Å². The molecule has 116 valence electrons. The molecule has 0 N–H and O–H groups in total. The van der Waals surface area contributed by atoms with Crippen molar-refractivity contribution in [2.24, 2.45) is 0 Å². The highest BCUT2D eigenvalue weighted by atomic mass is 32.1. The number of benzene rings is 1. The van der Waals surface area contributed by atoms with E-state index in [-0.39, 0.29) is 6.79 Å². The topological polar surface area (TPSA) is 57.7 Å². The Labute approximate surface area is 140 Å². The number of esters is 1. The second-order valence-electron chi connectivity index (χ2n) is 4.85. The Bertz CT molecular complexity index is 870. The molecular formula is C16H11NO4S2. The molecule has 1 aliphatic rings. The number of nitrogens with zero attached hydrogens (tertiary/aromatic N) is 1. The van der Waals surface area contributed by atoms with Gasteiger partial charge in [0.05, 0.1) is 5.69 Å². The molecule has 3 aromatic rings. The maximum atomic E-state index is 12.4. The van der Waals surface area contributed by atoms with Gasteiger partial charge in [-0.15, -0.1) is 11.3 Å². The summed E-state index contributed by atoms with van der Waals surface area (Å²) < 4.78 is 16.0. The van der Waals surface area contributed by atoms with Crippen molar-refractivity contribution >= 4 is 28.6 Å². The van der Waals surface area contributed by atoms with Crippen molar-refractivity contribution in [2.75, 3.05) is 6.79 Å². The number of aromatic nitrogens is 1. The van der Waals surface area contributed by atoms with Gasteiger partial charge in [0.15, 0.2) is 11.5 Å². The quantitative estimate of drug-likeness (QED) is 0.528. The number of fused-ring (bicyclic) bond motifs is 1. The van der Waals surface area contributed by atoms with E-state index in [4.69, 9.17) is 14.2 Å². The molecule has 0 saturated heterocycles. The second kappa shape index (κ2) is 5.68. The van der Waals surface area contributed by atoms with E-state index in [2.05, 4.69) is 4.98 Å². The van der Waals surface area contributed by atoms with Crippen molar-refractivity contribution in [2.45, 2.75) is 6.92 Å². The lowest BCUT2D eigenvalue weighted by Crippen LogP contribution is -2.07. The van der Waals surface area contributed by atoms with Crippen LogP contribution in [0.3, 0.4) is 0 Å². The SMILES string of the molecule is Cc1nc(-c2ccsc2)sc1C(=O)Oc1ccc2c(c1)OCO2. The zero-order valence-corrected chi connectivity index (χ0v) is 13.7. The monoisotopic (exact) mass is 345 g/mol. The molecule has 0 unspecified atom stereocenters. The Kier molecular flexibility index (Phi) is 3.51. The summed E-state index contributed by atoms with van der Waals surface area (Å²) in [5.74, 6) is 1.23. The smallest absolute Gasteiger partial charge is 0.355 e. The van der Waals surface area contributed by atoms with Gasteiger partial charge in [0.25, 0.3) is 0 Å². The van der Waals surface area contributed by atoms with Crippen molar-refractivity contribution in [1.29, 1.82) is 0 Å². The fraction of sp³-hybridized carbons (Fsp3) is 0.125. The summed E-state index contributed by atoms with van der Waals surface area (Å²) in [4.78, 5) is 17.4. The molecule has 5 nitrogen and oxygen atoms in total. The Morgan fingerprint density at radius 1 is 1.26 bits per heavy atom. The molecular weight excluding hydrogens is 334 g/mol. The zero-order chi connectivity index (χ0) is 15.8. The van der Waals surface area contributed by atoms with Gasteiger partial charge in [0.1, 0.15) is 15.6 Å². The lowest BCUT2D eigenvalue weighted by molar-refractivity contribution is 0.0738. The molecule has 0 bridgehead atoms. The van der Waals surface area contributed by atoms with Crippen LogP contribution >= 0.6 is 22.7 Å². The number of ether oxygens (including phenoxy) is 3. The Hall–Kier alpha value is -2.38. The van der Waals surface area contributed by atoms with E-state index in [0.717, 1.165) is 10.6 Å². The summed E-state index contributed by atoms with van der Waals surface area (Å²) in [7, 11) is 0. The minimum atomic E-state index is -0.416. The van der Waals surface area contributed by atoms with Crippen molar-refractivity contribution in [3.63, 3.8) is 0 Å². The van der Waals surface area contributed by atoms with Gasteiger partial charge < -0.3 is 14.2 Å². The molecule has 0 aliphatic carbocycles. The third-order valence-electron chi connectivity index (χ3n) is 3.30. The average molecular weight is 345 g/mol. The minimum Gasteiger partial charge on any atom is -0.454 e. The Morgan fingerprint density at radius 3 is 2.96 bits per heavy atom. The summed E-state index contributed by atoms with van der Waals surface area (Å²) in [6.07, 6.45) is 0. The summed E-state index contributed by atoms with van der Waals surface area (Å²) in [5, 5.41) is 4.81. The zero-order valence-electron chi connectivity index (χ0n) is 12.1. The fourth-order valence-electron chi connectivity index (χ4n) is 2.19. The van der Waals surface area contributed by atoms with Gasteiger partial charge in [-0.25, -0.2) is 9.78 Å². The van der Waals surface area contributed by atoms with E-state index in [0.29, 0.717) is 27.8 Å². The molecule has 0 fully saturated rings. The Balaban J connectivity index is 1.57. The molecule has 1 aliphatic heterocycles. The molecule has 0 atom stereocenters. The minimum absolute atomic E-state index is 0.185. The van der Waals surface area contributed by atoms with Crippen LogP contribution in [-0.4, -0.2) is 17.7 Å². The fourth-order valence-corrected chi connectivity index (χ4v) is 3.84. The molecule has 4 rings (SSSR count). The van der Waals surface area contributed by atoms with Gasteiger partial charge in [-0.3, -0.25) is 0 Å². The normalized spacial score (nSPS) is 12.4. The maximum absolute atomic E-state index is 12.4. The standard InChI is InChI=1S/C16H11NO4S2/c1-9-14(23-15(17-9)10-4-5-22-7-10)16(18)21-11-2-3-12-13(6-11)20-8-19-12/h2-7H,8H2,1H3. The first-order valence-corrected chi connectivity index (χ1v) is 8.58. The van der Waals surface area contributed by atoms with Crippen LogP contribution in [0.1, 0.15) is 15.4 Å². The van der Waals surface area contributed by atoms with E-state index in [1.807, 2.05) is 23.8 Å². The summed E-state index contributed by atoms with van der Waals surface area (Å²) in [5.41, 5.74) is 1.69. The highest BCUT2D eigenvalue weighted by Crippen LogP contribution is 2.36. The number of thiazole rings is 1. The van der Waals surface area contributed by atoms with Crippen molar-refractivity contribution in [3.8, 4) is 27.8 Å². The summed E-state index contributed by atoms with van der Waals surface area (Å²) in [6, 6.07) is 7.04. The number of carbonyl (C=O) groups is 1. The van der Waals surface area contributed by atoms with E-state index >= 15 is 0 Å². The average Bonchev–Trinajstić information content (AvgIpc) is 3.26. The molecule has 7 heteroatoms. The number of hydrogen-bond acceptors (Lipinski definition) is 7. The molecule has 0 spiro atoms. The highest BCUT2D eigenvalue weighted by Gasteiger charge is 2.20. The van der Waals surface area contributed by atoms with Crippen molar-refractivity contribution in [3.05, 3.63) is 45.6 Å². The van der Waals surface area contributed by atoms with Crippen LogP contribution in [0.25, 0.3) is 10.6 Å². The lowest BCUT2D eigenvalue weighted by atomic mass is 10.3. The largest absolute Gasteiger partial charge is 0.454 e. The van der Waals surface area contributed by atoms with Crippen LogP contribution in [0, 0.1) is 6.92 Å². The molecule has 23 heavy (non-hydrogen) atoms. The molecule has 0 saturated carbocycles. The first-order chi connectivity index (χ1) is 11.2. The van der Waals surface area contributed by atoms with Crippen molar-refractivity contribution < 1.29 is 19.0 Å². The predicted molar refractivity (Wildman–Crippen MR) is 87.7 cm³/mol. The van der Waals surface area contributed by atoms with Crippen LogP contribution in [0.5, 0.6) is 17.2 Å². The molecule has 2 aromatic heterocycles. The summed E-state index contributed by atoms with van der Waals surface area (Å²) in [6.45, 7) is 1.99. The van der Waals surface area contributed by atoms with Crippen LogP contribution in [0.4, 0.5) is 0 Å². The lowest BCUT2D eigenvalue weighted by Gasteiger charge is -2.04. The number of carbonyl (C=O) groups excluding carboxylic acids is 1. The Morgan fingerprint density at radius 2 is 2.13 bits per heavy atom. The van der Waals surface area contributed by atoms with E-state index in [1.54, 1.807) is 29.5 Å². The molecule has 0 radical (unpaired) electrons. The third kappa shape index (κ3) is 2.69. The van der Waals surface area contributed by atoms with Gasteiger partial charge in [0, 0.05) is 17.0 Å². The van der Waals surface area contributed by atoms with E-state index in [9.17, 15) is 4.79 Å². The van der Waals surface area contributed by atoms with Gasteiger partial charge in [-0.1, -0.05) is 0 Å². The molecule has 0 amide bonds. The van der Waals surface area contributed by atoms with Gasteiger partial charge in [0.2, 0.25) is 6.79 Å². The maximum Gasteiger partial charge on any atom is 0.355 e. The van der Waals surface area contributed by atoms with Crippen LogP contribution in [0.15, 0.2) is 35.0 Å². The van der Waals surface area contributed by atoms with Crippen molar-refractivity contribution in [1.82, 2.24) is 4.98 Å². The first-order valence-electron chi connectivity index (χ1n) is 6.82. The van der Waals surface area contributed by atoms with Gasteiger partial charge >= 0.3 is 5.97 Å². The first kappa shape index (κ1) is 14.2. The predicted octanol–water partition coefficient (Wildman–Crippen LogP) is 4.13. The third-order valence-corrected chi connectivity index (χ3v) is 5.17. The van der Waals surface area contributed by atoms with Crippen LogP contribution < -0.4 is 14.2 Å². The van der Waals surface area contributed by atoms with Crippen LogP contribution in [0.2, 0.25) is 0 Å². The number of hydrogen-bond donors (Lipinski definition) is 0. The number of aryl methyl sites for hydroxylation is 1. The highest BCUT2D eigenvalue weighted by molar-refractivity contribution is 7.17. The number of thiophene rings is 1. The number of rotatable bonds is 3.